The third-order valence-corrected chi connectivity index (χ3v) is 9.29. The van der Waals surface area contributed by atoms with E-state index in [2.05, 4.69) is 10.3 Å². The van der Waals surface area contributed by atoms with E-state index < -0.39 is 39.0 Å². The van der Waals surface area contributed by atoms with Gasteiger partial charge in [0.2, 0.25) is 21.8 Å². The first kappa shape index (κ1) is 29.6. The van der Waals surface area contributed by atoms with Crippen LogP contribution in [-0.4, -0.2) is 54.9 Å². The van der Waals surface area contributed by atoms with E-state index in [1.54, 1.807) is 26.0 Å². The number of benzene rings is 2. The summed E-state index contributed by atoms with van der Waals surface area (Å²) in [4.78, 5) is 42.5. The van der Waals surface area contributed by atoms with E-state index in [4.69, 9.17) is 0 Å². The number of sulfonamides is 1. The van der Waals surface area contributed by atoms with Gasteiger partial charge in [-0.2, -0.15) is 17.5 Å². The second kappa shape index (κ2) is 10.4. The van der Waals surface area contributed by atoms with Crippen molar-refractivity contribution < 1.29 is 40.4 Å². The van der Waals surface area contributed by atoms with Gasteiger partial charge in [-0.1, -0.05) is 0 Å². The molecule has 2 fully saturated rings. The van der Waals surface area contributed by atoms with Crippen LogP contribution in [0.3, 0.4) is 0 Å². The molecule has 1 N–H and O–H groups in total. The molecule has 1 spiro atoms. The van der Waals surface area contributed by atoms with Gasteiger partial charge in [-0.3, -0.25) is 24.3 Å². The first-order chi connectivity index (χ1) is 19.6. The van der Waals surface area contributed by atoms with Crippen LogP contribution in [0.15, 0.2) is 40.7 Å². The van der Waals surface area contributed by atoms with Crippen molar-refractivity contribution in [1.29, 1.82) is 0 Å². The van der Waals surface area contributed by atoms with Crippen LogP contribution in [-0.2, 0) is 30.6 Å². The summed E-state index contributed by atoms with van der Waals surface area (Å²) in [5.74, 6) is -2.72. The smallest absolute Gasteiger partial charge is 0.308 e. The van der Waals surface area contributed by atoms with Crippen LogP contribution in [0, 0.1) is 19.7 Å². The average Bonchev–Trinajstić information content (AvgIpc) is 3.41. The van der Waals surface area contributed by atoms with Crippen LogP contribution in [0.2, 0.25) is 0 Å². The molecule has 2 aromatic rings. The molecule has 5 rings (SSSR count). The number of hydrogen-bond donors (Lipinski definition) is 1. The van der Waals surface area contributed by atoms with Crippen molar-refractivity contribution >= 4 is 45.3 Å². The minimum absolute atomic E-state index is 0.00658. The van der Waals surface area contributed by atoms with Gasteiger partial charge in [0, 0.05) is 36.9 Å². The van der Waals surface area contributed by atoms with Crippen LogP contribution in [0.1, 0.15) is 53.5 Å². The zero-order valence-corrected chi connectivity index (χ0v) is 23.4. The summed E-state index contributed by atoms with van der Waals surface area (Å²) in [7, 11) is -3.93. The number of alkyl halides is 3. The Morgan fingerprint density at radius 1 is 0.976 bits per heavy atom. The number of nitrogens with zero attached hydrogens (tertiary/aromatic N) is 3. The van der Waals surface area contributed by atoms with Gasteiger partial charge in [0.25, 0.3) is 5.91 Å². The molecule has 3 heterocycles. The summed E-state index contributed by atoms with van der Waals surface area (Å²) in [6.07, 6.45) is -3.21. The molecule has 0 radical (unpaired) electrons. The molecule has 42 heavy (non-hydrogen) atoms. The average molecular weight is 607 g/mol. The lowest BCUT2D eigenvalue weighted by Gasteiger charge is -2.34. The number of amides is 3. The molecule has 3 amide bonds. The third kappa shape index (κ3) is 5.36. The van der Waals surface area contributed by atoms with Crippen LogP contribution >= 0.6 is 0 Å². The minimum atomic E-state index is -4.93. The summed E-state index contributed by atoms with van der Waals surface area (Å²) in [6.45, 7) is 3.35. The number of piperidine rings is 1. The molecule has 14 heteroatoms. The number of nitrogens with one attached hydrogen (secondary N) is 1. The van der Waals surface area contributed by atoms with Crippen molar-refractivity contribution in [2.45, 2.75) is 51.2 Å². The topological polar surface area (TPSA) is 116 Å². The Labute approximate surface area is 238 Å². The van der Waals surface area contributed by atoms with E-state index in [1.807, 2.05) is 0 Å². The number of carbonyl (C=O) groups is 3. The van der Waals surface area contributed by atoms with Crippen LogP contribution in [0.4, 0.5) is 23.2 Å². The summed E-state index contributed by atoms with van der Waals surface area (Å²) >= 11 is 0. The fourth-order valence-electron chi connectivity index (χ4n) is 5.44. The Morgan fingerprint density at radius 3 is 2.14 bits per heavy atom. The maximum atomic E-state index is 13.7. The van der Waals surface area contributed by atoms with Crippen LogP contribution < -0.4 is 10.2 Å². The third-order valence-electron chi connectivity index (χ3n) is 7.73. The molecule has 0 unspecified atom stereocenters. The summed E-state index contributed by atoms with van der Waals surface area (Å²) in [5.41, 5.74) is -0.571. The van der Waals surface area contributed by atoms with Crippen molar-refractivity contribution in [3.05, 3.63) is 69.4 Å². The van der Waals surface area contributed by atoms with Crippen molar-refractivity contribution in [3.63, 3.8) is 0 Å². The zero-order valence-electron chi connectivity index (χ0n) is 22.6. The second-order valence-electron chi connectivity index (χ2n) is 10.5. The van der Waals surface area contributed by atoms with Gasteiger partial charge >= 0.3 is 6.18 Å². The van der Waals surface area contributed by atoms with E-state index in [9.17, 15) is 40.4 Å². The van der Waals surface area contributed by atoms with Crippen molar-refractivity contribution in [2.24, 2.45) is 4.99 Å². The standard InChI is InChI=1S/C28H26F4N4O5S/c1-16-13-19(36-23(37)5-6-24(36)38)14-17(2)20(16)7-12-42(40,41)35-10-8-27(9-11-35)26(39)33-25(34-27)18-3-4-22(29)21(15-18)28(30,31)32/h3-4,7,12-15H,5-6,8-11H2,1-2H3,(H,33,34,39)/b12-7+. The molecular weight excluding hydrogens is 580 g/mol. The predicted octanol–water partition coefficient (Wildman–Crippen LogP) is 3.83. The Balaban J connectivity index is 1.31. The summed E-state index contributed by atoms with van der Waals surface area (Å²) in [6, 6.07) is 5.62. The highest BCUT2D eigenvalue weighted by molar-refractivity contribution is 7.92. The van der Waals surface area contributed by atoms with Gasteiger partial charge in [0.15, 0.2) is 0 Å². The molecule has 0 aromatic heterocycles. The SMILES string of the molecule is Cc1cc(N2C(=O)CCC2=O)cc(C)c1/C=C/S(=O)(=O)N1CCC2(CC1)N=C(c1ccc(F)c(C(F)(F)F)c1)NC2=O. The number of imide groups is 1. The van der Waals surface area contributed by atoms with Gasteiger partial charge in [-0.25, -0.2) is 12.8 Å². The molecule has 3 aliphatic rings. The van der Waals surface area contributed by atoms with Gasteiger partial charge in [-0.15, -0.1) is 0 Å². The Bertz CT molecular complexity index is 1640. The molecule has 0 saturated carbocycles. The Morgan fingerprint density at radius 2 is 1.57 bits per heavy atom. The minimum Gasteiger partial charge on any atom is -0.308 e. The molecule has 0 atom stereocenters. The first-order valence-electron chi connectivity index (χ1n) is 13.0. The van der Waals surface area contributed by atoms with Gasteiger partial charge < -0.3 is 5.32 Å². The fourth-order valence-corrected chi connectivity index (χ4v) is 6.61. The Hall–Kier alpha value is -3.91. The molecule has 3 aliphatic heterocycles. The largest absolute Gasteiger partial charge is 0.419 e. The first-order valence-corrected chi connectivity index (χ1v) is 14.6. The van der Waals surface area contributed by atoms with E-state index in [0.29, 0.717) is 34.5 Å². The number of rotatable bonds is 5. The van der Waals surface area contributed by atoms with Crippen molar-refractivity contribution in [2.75, 3.05) is 18.0 Å². The highest BCUT2D eigenvalue weighted by atomic mass is 32.2. The lowest BCUT2D eigenvalue weighted by molar-refractivity contribution is -0.140. The van der Waals surface area contributed by atoms with Crippen molar-refractivity contribution in [1.82, 2.24) is 9.62 Å². The van der Waals surface area contributed by atoms with E-state index >= 15 is 0 Å². The lowest BCUT2D eigenvalue weighted by atomic mass is 9.89. The number of anilines is 1. The molecule has 9 nitrogen and oxygen atoms in total. The molecule has 0 aliphatic carbocycles. The van der Waals surface area contributed by atoms with E-state index in [1.165, 1.54) is 10.4 Å². The number of hydrogen-bond acceptors (Lipinski definition) is 6. The predicted molar refractivity (Wildman–Crippen MR) is 145 cm³/mol. The number of aryl methyl sites for hydroxylation is 2. The molecule has 222 valence electrons. The molecule has 2 aromatic carbocycles. The van der Waals surface area contributed by atoms with Gasteiger partial charge in [-0.05, 0) is 79.8 Å². The normalized spacial score (nSPS) is 19.7. The van der Waals surface area contributed by atoms with Gasteiger partial charge in [0.1, 0.15) is 17.2 Å². The van der Waals surface area contributed by atoms with E-state index in [0.717, 1.165) is 16.4 Å². The van der Waals surface area contributed by atoms with Crippen molar-refractivity contribution in [3.8, 4) is 0 Å². The maximum Gasteiger partial charge on any atom is 0.419 e. The number of amidine groups is 1. The number of halogens is 4. The number of carbonyl (C=O) groups excluding carboxylic acids is 3. The van der Waals surface area contributed by atoms with Gasteiger partial charge in [0.05, 0.1) is 11.3 Å². The molecule has 2 saturated heterocycles. The molecule has 0 bridgehead atoms. The quantitative estimate of drug-likeness (QED) is 0.411. The Kier molecular flexibility index (Phi) is 7.34. The molecular formula is C28H26F4N4O5S. The maximum absolute atomic E-state index is 13.7. The fraction of sp³-hybridized carbons (Fsp3) is 0.357. The monoisotopic (exact) mass is 606 g/mol. The highest BCUT2D eigenvalue weighted by Crippen LogP contribution is 2.35. The lowest BCUT2D eigenvalue weighted by Crippen LogP contribution is -2.50. The van der Waals surface area contributed by atoms with E-state index in [-0.39, 0.29) is 62.0 Å². The highest BCUT2D eigenvalue weighted by Gasteiger charge is 2.47. The zero-order chi connectivity index (χ0) is 30.6. The summed E-state index contributed by atoms with van der Waals surface area (Å²) < 4.78 is 80.7. The number of aliphatic imine (C=N–C) groups is 1. The summed E-state index contributed by atoms with van der Waals surface area (Å²) in [5, 5.41) is 3.51. The second-order valence-corrected chi connectivity index (χ2v) is 12.3. The van der Waals surface area contributed by atoms with Crippen LogP contribution in [0.5, 0.6) is 0 Å². The van der Waals surface area contributed by atoms with Crippen LogP contribution in [0.25, 0.3) is 6.08 Å².